The maximum atomic E-state index is 5.88. The number of methoxy groups -OCH3 is 1. The average Bonchev–Trinajstić information content (AvgIpc) is 2.33. The monoisotopic (exact) mass is 250 g/mol. The molecule has 0 bridgehead atoms. The van der Waals surface area contributed by atoms with Gasteiger partial charge in [0.25, 0.3) is 0 Å². The number of nitrogen functional groups attached to an aromatic ring is 1. The number of nitrogens with one attached hydrogen (secondary N) is 1. The number of benzene rings is 1. The van der Waals surface area contributed by atoms with Crippen molar-refractivity contribution in [1.82, 2.24) is 0 Å². The third-order valence-corrected chi connectivity index (χ3v) is 3.27. The summed E-state index contributed by atoms with van der Waals surface area (Å²) in [5, 5.41) is 3.47. The maximum Gasteiger partial charge on any atom is 0.144 e. The van der Waals surface area contributed by atoms with E-state index in [1.54, 1.807) is 7.11 Å². The summed E-state index contributed by atoms with van der Waals surface area (Å²) in [6.07, 6.45) is 3.51. The zero-order chi connectivity index (χ0) is 13.0. The van der Waals surface area contributed by atoms with Gasteiger partial charge >= 0.3 is 0 Å². The summed E-state index contributed by atoms with van der Waals surface area (Å²) < 4.78 is 10.9. The molecule has 1 saturated carbocycles. The first kappa shape index (κ1) is 13.0. The van der Waals surface area contributed by atoms with Crippen LogP contribution < -0.4 is 15.8 Å². The summed E-state index contributed by atoms with van der Waals surface area (Å²) in [5.41, 5.74) is 7.64. The average molecular weight is 250 g/mol. The van der Waals surface area contributed by atoms with Crippen LogP contribution in [0.3, 0.4) is 0 Å². The molecule has 0 spiro atoms. The van der Waals surface area contributed by atoms with Gasteiger partial charge in [-0.15, -0.1) is 0 Å². The molecule has 1 fully saturated rings. The summed E-state index contributed by atoms with van der Waals surface area (Å²) >= 11 is 0. The molecule has 0 radical (unpaired) electrons. The zero-order valence-electron chi connectivity index (χ0n) is 11.1. The van der Waals surface area contributed by atoms with Crippen molar-refractivity contribution in [3.05, 3.63) is 18.2 Å². The molecule has 18 heavy (non-hydrogen) atoms. The third kappa shape index (κ3) is 3.07. The van der Waals surface area contributed by atoms with Crippen LogP contribution in [0, 0.1) is 0 Å². The first-order valence-corrected chi connectivity index (χ1v) is 6.54. The van der Waals surface area contributed by atoms with Crippen molar-refractivity contribution in [3.8, 4) is 5.75 Å². The molecule has 0 unspecified atom stereocenters. The molecule has 0 amide bonds. The van der Waals surface area contributed by atoms with Gasteiger partial charge in [-0.05, 0) is 31.4 Å². The second kappa shape index (κ2) is 5.96. The predicted molar refractivity (Wildman–Crippen MR) is 74.1 cm³/mol. The molecular weight excluding hydrogens is 228 g/mol. The molecule has 100 valence electrons. The Balaban J connectivity index is 1.92. The maximum absolute atomic E-state index is 5.88. The van der Waals surface area contributed by atoms with Crippen LogP contribution in [-0.2, 0) is 4.74 Å². The largest absolute Gasteiger partial charge is 0.491 e. The lowest BCUT2D eigenvalue weighted by molar-refractivity contribution is 0.0329. The Morgan fingerprint density at radius 1 is 1.39 bits per heavy atom. The molecule has 1 aromatic carbocycles. The number of hydrogen-bond donors (Lipinski definition) is 2. The fraction of sp³-hybridized carbons (Fsp3) is 0.571. The van der Waals surface area contributed by atoms with Crippen LogP contribution in [0.15, 0.2) is 18.2 Å². The minimum Gasteiger partial charge on any atom is -0.491 e. The van der Waals surface area contributed by atoms with E-state index in [-0.39, 0.29) is 0 Å². The van der Waals surface area contributed by atoms with Gasteiger partial charge in [0.1, 0.15) is 5.75 Å². The molecule has 2 rings (SSSR count). The highest BCUT2D eigenvalue weighted by Crippen LogP contribution is 2.30. The van der Waals surface area contributed by atoms with Gasteiger partial charge < -0.3 is 20.5 Å². The summed E-state index contributed by atoms with van der Waals surface area (Å²) in [4.78, 5) is 0. The minimum atomic E-state index is 0.409. The van der Waals surface area contributed by atoms with Crippen LogP contribution in [0.2, 0.25) is 0 Å². The molecule has 0 aliphatic heterocycles. The van der Waals surface area contributed by atoms with Crippen molar-refractivity contribution in [1.29, 1.82) is 0 Å². The van der Waals surface area contributed by atoms with E-state index in [0.717, 1.165) is 30.7 Å². The molecule has 1 aliphatic carbocycles. The van der Waals surface area contributed by atoms with E-state index >= 15 is 0 Å². The van der Waals surface area contributed by atoms with Crippen LogP contribution in [0.5, 0.6) is 5.75 Å². The standard InChI is InChI=1S/C14H22N2O2/c1-3-6-18-14-9-10(4-5-13(14)15)16-11-7-12(8-11)17-2/h4-5,9,11-12,16H,3,6-8,15H2,1-2H3. The summed E-state index contributed by atoms with van der Waals surface area (Å²) in [6, 6.07) is 6.36. The lowest BCUT2D eigenvalue weighted by atomic mass is 9.89. The zero-order valence-corrected chi connectivity index (χ0v) is 11.1. The number of ether oxygens (including phenoxy) is 2. The van der Waals surface area contributed by atoms with E-state index in [1.807, 2.05) is 18.2 Å². The second-order valence-corrected chi connectivity index (χ2v) is 4.77. The molecule has 1 aliphatic rings. The fourth-order valence-electron chi connectivity index (χ4n) is 2.07. The molecule has 4 nitrogen and oxygen atoms in total. The first-order valence-electron chi connectivity index (χ1n) is 6.54. The molecule has 4 heteroatoms. The molecule has 0 heterocycles. The van der Waals surface area contributed by atoms with E-state index in [2.05, 4.69) is 12.2 Å². The van der Waals surface area contributed by atoms with E-state index in [1.165, 1.54) is 0 Å². The predicted octanol–water partition coefficient (Wildman–Crippen LogP) is 2.65. The summed E-state index contributed by atoms with van der Waals surface area (Å²) in [7, 11) is 1.76. The first-order chi connectivity index (χ1) is 8.72. The highest BCUT2D eigenvalue weighted by atomic mass is 16.5. The van der Waals surface area contributed by atoms with E-state index < -0.39 is 0 Å². The molecule has 3 N–H and O–H groups in total. The third-order valence-electron chi connectivity index (χ3n) is 3.27. The van der Waals surface area contributed by atoms with E-state index in [9.17, 15) is 0 Å². The Bertz CT molecular complexity index is 389. The van der Waals surface area contributed by atoms with Gasteiger partial charge in [0.05, 0.1) is 18.4 Å². The summed E-state index contributed by atoms with van der Waals surface area (Å²) in [5.74, 6) is 0.768. The Morgan fingerprint density at radius 3 is 2.83 bits per heavy atom. The lowest BCUT2D eigenvalue weighted by Gasteiger charge is -2.35. The van der Waals surface area contributed by atoms with Gasteiger partial charge in [0.15, 0.2) is 0 Å². The van der Waals surface area contributed by atoms with Gasteiger partial charge in [-0.25, -0.2) is 0 Å². The van der Waals surface area contributed by atoms with E-state index in [0.29, 0.717) is 24.4 Å². The second-order valence-electron chi connectivity index (χ2n) is 4.77. The highest BCUT2D eigenvalue weighted by molar-refractivity contribution is 5.61. The SMILES string of the molecule is CCCOc1cc(NC2CC(OC)C2)ccc1N. The van der Waals surface area contributed by atoms with Crippen LogP contribution in [0.4, 0.5) is 11.4 Å². The van der Waals surface area contributed by atoms with Crippen LogP contribution >= 0.6 is 0 Å². The van der Waals surface area contributed by atoms with Gasteiger partial charge in [-0.2, -0.15) is 0 Å². The Kier molecular flexibility index (Phi) is 4.31. The minimum absolute atomic E-state index is 0.409. The van der Waals surface area contributed by atoms with Crippen LogP contribution in [0.25, 0.3) is 0 Å². The smallest absolute Gasteiger partial charge is 0.144 e. The van der Waals surface area contributed by atoms with Crippen LogP contribution in [0.1, 0.15) is 26.2 Å². The Labute approximate surface area is 108 Å². The Hall–Kier alpha value is -1.42. The molecule has 1 aromatic rings. The van der Waals surface area contributed by atoms with Gasteiger partial charge in [0, 0.05) is 24.9 Å². The van der Waals surface area contributed by atoms with Crippen molar-refractivity contribution < 1.29 is 9.47 Å². The number of rotatable bonds is 6. The highest BCUT2D eigenvalue weighted by Gasteiger charge is 2.28. The van der Waals surface area contributed by atoms with Gasteiger partial charge in [-0.1, -0.05) is 6.92 Å². The fourth-order valence-corrected chi connectivity index (χ4v) is 2.07. The normalized spacial score (nSPS) is 22.3. The van der Waals surface area contributed by atoms with Crippen molar-refractivity contribution >= 4 is 11.4 Å². The van der Waals surface area contributed by atoms with E-state index in [4.69, 9.17) is 15.2 Å². The number of nitrogens with two attached hydrogens (primary N) is 1. The Morgan fingerprint density at radius 2 is 2.17 bits per heavy atom. The van der Waals surface area contributed by atoms with Crippen molar-refractivity contribution in [2.24, 2.45) is 0 Å². The van der Waals surface area contributed by atoms with Gasteiger partial charge in [0.2, 0.25) is 0 Å². The van der Waals surface area contributed by atoms with Crippen molar-refractivity contribution in [3.63, 3.8) is 0 Å². The number of anilines is 2. The van der Waals surface area contributed by atoms with Crippen molar-refractivity contribution in [2.75, 3.05) is 24.8 Å². The summed E-state index contributed by atoms with van der Waals surface area (Å²) in [6.45, 7) is 2.78. The molecule has 0 aromatic heterocycles. The van der Waals surface area contributed by atoms with Gasteiger partial charge in [-0.3, -0.25) is 0 Å². The lowest BCUT2D eigenvalue weighted by Crippen LogP contribution is -2.40. The van der Waals surface area contributed by atoms with Crippen LogP contribution in [-0.4, -0.2) is 25.9 Å². The quantitative estimate of drug-likeness (QED) is 0.762. The molecular formula is C14H22N2O2. The molecule has 0 atom stereocenters. The number of hydrogen-bond acceptors (Lipinski definition) is 4. The molecule has 0 saturated heterocycles. The van der Waals surface area contributed by atoms with Crippen molar-refractivity contribution in [2.45, 2.75) is 38.3 Å². The topological polar surface area (TPSA) is 56.5 Å².